The molecule has 1 atom stereocenters. The standard InChI is InChI=1S/C27H23N3O3/c1-16-26(18(3)33-29-16)21-11-12-22-23(19-7-9-20(10-8-19)27(31)32)15-30(25(22)14-21)17(2)24-6-4-5-13-28-24/h4-15,17H,1-3H3,(H,31,32)/t17-/m1/s1. The number of hydrogen-bond acceptors (Lipinski definition) is 4. The average Bonchev–Trinajstić information content (AvgIpc) is 3.38. The monoisotopic (exact) mass is 437 g/mol. The van der Waals surface area contributed by atoms with E-state index in [-0.39, 0.29) is 11.6 Å². The van der Waals surface area contributed by atoms with Crippen molar-refractivity contribution in [2.45, 2.75) is 26.8 Å². The van der Waals surface area contributed by atoms with Crippen LogP contribution in [0.15, 0.2) is 77.6 Å². The Labute approximate surface area is 191 Å². The molecule has 0 unspecified atom stereocenters. The number of carboxylic acid groups (broad SMARTS) is 1. The minimum atomic E-state index is -0.933. The molecule has 1 N–H and O–H groups in total. The highest BCUT2D eigenvalue weighted by Crippen LogP contribution is 2.37. The van der Waals surface area contributed by atoms with Crippen molar-refractivity contribution in [2.75, 3.05) is 0 Å². The van der Waals surface area contributed by atoms with Gasteiger partial charge in [-0.15, -0.1) is 0 Å². The molecule has 0 radical (unpaired) electrons. The Hall–Kier alpha value is -4.19. The van der Waals surface area contributed by atoms with Crippen molar-refractivity contribution < 1.29 is 14.4 Å². The van der Waals surface area contributed by atoms with E-state index in [1.165, 1.54) is 0 Å². The number of aryl methyl sites for hydroxylation is 2. The lowest BCUT2D eigenvalue weighted by Gasteiger charge is -2.15. The first kappa shape index (κ1) is 20.7. The molecule has 0 aliphatic rings. The van der Waals surface area contributed by atoms with Crippen molar-refractivity contribution >= 4 is 16.9 Å². The van der Waals surface area contributed by atoms with Crippen LogP contribution in [-0.4, -0.2) is 25.8 Å². The van der Waals surface area contributed by atoms with Crippen LogP contribution in [0.1, 0.15) is 40.5 Å². The van der Waals surface area contributed by atoms with Crippen molar-refractivity contribution in [1.82, 2.24) is 14.7 Å². The maximum Gasteiger partial charge on any atom is 0.335 e. The molecule has 3 aromatic heterocycles. The van der Waals surface area contributed by atoms with Gasteiger partial charge in [0.05, 0.1) is 23.0 Å². The largest absolute Gasteiger partial charge is 0.478 e. The molecule has 0 bridgehead atoms. The van der Waals surface area contributed by atoms with E-state index in [2.05, 4.69) is 46.0 Å². The summed E-state index contributed by atoms with van der Waals surface area (Å²) in [7, 11) is 0. The van der Waals surface area contributed by atoms with Crippen LogP contribution in [0.5, 0.6) is 0 Å². The van der Waals surface area contributed by atoms with Gasteiger partial charge in [-0.3, -0.25) is 4.98 Å². The van der Waals surface area contributed by atoms with Crippen LogP contribution in [0.25, 0.3) is 33.2 Å². The van der Waals surface area contributed by atoms with Crippen LogP contribution in [0, 0.1) is 13.8 Å². The second-order valence-corrected chi connectivity index (χ2v) is 8.19. The Balaban J connectivity index is 1.72. The van der Waals surface area contributed by atoms with E-state index in [4.69, 9.17) is 4.52 Å². The summed E-state index contributed by atoms with van der Waals surface area (Å²) in [6.45, 7) is 5.99. The molecule has 164 valence electrons. The van der Waals surface area contributed by atoms with E-state index in [1.54, 1.807) is 18.3 Å². The van der Waals surface area contributed by atoms with E-state index in [0.717, 1.165) is 50.3 Å². The van der Waals surface area contributed by atoms with E-state index < -0.39 is 5.97 Å². The molecule has 3 heterocycles. The smallest absolute Gasteiger partial charge is 0.335 e. The number of rotatable bonds is 5. The van der Waals surface area contributed by atoms with Gasteiger partial charge in [0.15, 0.2) is 0 Å². The number of aromatic nitrogens is 3. The van der Waals surface area contributed by atoms with E-state index >= 15 is 0 Å². The fourth-order valence-electron chi connectivity index (χ4n) is 4.41. The number of aromatic carboxylic acids is 1. The Morgan fingerprint density at radius 2 is 1.79 bits per heavy atom. The van der Waals surface area contributed by atoms with Gasteiger partial charge in [0.2, 0.25) is 0 Å². The quantitative estimate of drug-likeness (QED) is 0.350. The van der Waals surface area contributed by atoms with Gasteiger partial charge >= 0.3 is 5.97 Å². The number of benzene rings is 2. The molecule has 33 heavy (non-hydrogen) atoms. The maximum absolute atomic E-state index is 11.3. The summed E-state index contributed by atoms with van der Waals surface area (Å²) in [6.07, 6.45) is 3.93. The Bertz CT molecular complexity index is 1440. The lowest BCUT2D eigenvalue weighted by atomic mass is 9.99. The Morgan fingerprint density at radius 3 is 2.42 bits per heavy atom. The maximum atomic E-state index is 11.3. The summed E-state index contributed by atoms with van der Waals surface area (Å²) in [5.74, 6) is -0.149. The second-order valence-electron chi connectivity index (χ2n) is 8.19. The van der Waals surface area contributed by atoms with Crippen molar-refractivity contribution in [3.05, 3.63) is 95.8 Å². The second kappa shape index (κ2) is 8.06. The van der Waals surface area contributed by atoms with Gasteiger partial charge in [-0.2, -0.15) is 0 Å². The van der Waals surface area contributed by atoms with Gasteiger partial charge in [-0.05, 0) is 62.2 Å². The fourth-order valence-corrected chi connectivity index (χ4v) is 4.41. The summed E-state index contributed by atoms with van der Waals surface area (Å²) in [4.78, 5) is 15.9. The van der Waals surface area contributed by atoms with Crippen molar-refractivity contribution in [1.29, 1.82) is 0 Å². The molecule has 0 aliphatic carbocycles. The lowest BCUT2D eigenvalue weighted by molar-refractivity contribution is 0.0697. The molecule has 6 nitrogen and oxygen atoms in total. The summed E-state index contributed by atoms with van der Waals surface area (Å²) < 4.78 is 7.62. The van der Waals surface area contributed by atoms with Gasteiger partial charge in [0.1, 0.15) is 5.76 Å². The third-order valence-corrected chi connectivity index (χ3v) is 6.13. The van der Waals surface area contributed by atoms with Gasteiger partial charge in [-0.1, -0.05) is 35.5 Å². The molecular formula is C27H23N3O3. The normalized spacial score (nSPS) is 12.2. The predicted octanol–water partition coefficient (Wildman–Crippen LogP) is 6.28. The van der Waals surface area contributed by atoms with Crippen molar-refractivity contribution in [3.8, 4) is 22.3 Å². The van der Waals surface area contributed by atoms with Crippen LogP contribution in [0.3, 0.4) is 0 Å². The highest BCUT2D eigenvalue weighted by molar-refractivity contribution is 5.99. The first-order valence-corrected chi connectivity index (χ1v) is 10.8. The molecular weight excluding hydrogens is 414 g/mol. The predicted molar refractivity (Wildman–Crippen MR) is 127 cm³/mol. The Morgan fingerprint density at radius 1 is 1.03 bits per heavy atom. The zero-order valence-electron chi connectivity index (χ0n) is 18.6. The average molecular weight is 437 g/mol. The topological polar surface area (TPSA) is 81.1 Å². The molecule has 0 amide bonds. The third-order valence-electron chi connectivity index (χ3n) is 6.13. The molecule has 0 fully saturated rings. The van der Waals surface area contributed by atoms with Crippen molar-refractivity contribution in [3.63, 3.8) is 0 Å². The summed E-state index contributed by atoms with van der Waals surface area (Å²) >= 11 is 0. The van der Waals surface area contributed by atoms with Crippen LogP contribution >= 0.6 is 0 Å². The highest BCUT2D eigenvalue weighted by Gasteiger charge is 2.19. The van der Waals surface area contributed by atoms with E-state index in [0.29, 0.717) is 0 Å². The number of carbonyl (C=O) groups is 1. The molecule has 0 spiro atoms. The zero-order valence-corrected chi connectivity index (χ0v) is 18.6. The molecule has 5 aromatic rings. The van der Waals surface area contributed by atoms with Crippen LogP contribution in [-0.2, 0) is 0 Å². The van der Waals surface area contributed by atoms with Gasteiger partial charge in [-0.25, -0.2) is 4.79 Å². The molecule has 0 saturated carbocycles. The number of carboxylic acids is 1. The lowest BCUT2D eigenvalue weighted by Crippen LogP contribution is -2.07. The fraction of sp³-hybridized carbons (Fsp3) is 0.148. The highest BCUT2D eigenvalue weighted by atomic mass is 16.5. The molecule has 0 aliphatic heterocycles. The van der Waals surface area contributed by atoms with Gasteiger partial charge < -0.3 is 14.2 Å². The van der Waals surface area contributed by atoms with Crippen LogP contribution in [0.4, 0.5) is 0 Å². The number of hydrogen-bond donors (Lipinski definition) is 1. The molecule has 0 saturated heterocycles. The van der Waals surface area contributed by atoms with Gasteiger partial charge in [0, 0.05) is 34.4 Å². The number of fused-ring (bicyclic) bond motifs is 1. The molecule has 5 rings (SSSR count). The third kappa shape index (κ3) is 3.59. The number of nitrogens with zero attached hydrogens (tertiary/aromatic N) is 3. The minimum Gasteiger partial charge on any atom is -0.478 e. The molecule has 6 heteroatoms. The summed E-state index contributed by atoms with van der Waals surface area (Å²) in [5.41, 5.74) is 7.18. The van der Waals surface area contributed by atoms with Crippen molar-refractivity contribution in [2.24, 2.45) is 0 Å². The number of pyridine rings is 1. The van der Waals surface area contributed by atoms with Crippen LogP contribution in [0.2, 0.25) is 0 Å². The van der Waals surface area contributed by atoms with E-state index in [1.807, 2.05) is 44.2 Å². The summed E-state index contributed by atoms with van der Waals surface area (Å²) in [5, 5.41) is 14.5. The molecule has 2 aromatic carbocycles. The Kier molecular flexibility index (Phi) is 5.05. The SMILES string of the molecule is Cc1noc(C)c1-c1ccc2c(-c3ccc(C(=O)O)cc3)cn([C@H](C)c3ccccn3)c2c1. The minimum absolute atomic E-state index is 0.000612. The first-order valence-electron chi connectivity index (χ1n) is 10.8. The summed E-state index contributed by atoms with van der Waals surface area (Å²) in [6, 6.07) is 19.3. The van der Waals surface area contributed by atoms with E-state index in [9.17, 15) is 9.90 Å². The zero-order chi connectivity index (χ0) is 23.1. The van der Waals surface area contributed by atoms with Gasteiger partial charge in [0.25, 0.3) is 0 Å². The van der Waals surface area contributed by atoms with Crippen LogP contribution < -0.4 is 0 Å². The first-order chi connectivity index (χ1) is 15.9.